The minimum Gasteiger partial charge on any atom is -0.339 e. The summed E-state index contributed by atoms with van der Waals surface area (Å²) in [5, 5.41) is 0.624. The van der Waals surface area contributed by atoms with Crippen molar-refractivity contribution in [2.45, 2.75) is 32.6 Å². The number of hydrogen-bond acceptors (Lipinski definition) is 2. The number of rotatable bonds is 5. The third-order valence-corrected chi connectivity index (χ3v) is 4.26. The van der Waals surface area contributed by atoms with Gasteiger partial charge in [0.1, 0.15) is 0 Å². The molecule has 0 bridgehead atoms. The first kappa shape index (κ1) is 16.8. The second-order valence-electron chi connectivity index (χ2n) is 5.64. The lowest BCUT2D eigenvalue weighted by Crippen LogP contribution is -2.50. The summed E-state index contributed by atoms with van der Waals surface area (Å²) < 4.78 is 0. The van der Waals surface area contributed by atoms with E-state index in [1.807, 2.05) is 4.90 Å². The molecule has 2 amide bonds. The molecular weight excluding hydrogens is 300 g/mol. The molecule has 2 rings (SSSR count). The van der Waals surface area contributed by atoms with E-state index < -0.39 is 0 Å². The Balaban J connectivity index is 1.82. The molecule has 0 saturated carbocycles. The van der Waals surface area contributed by atoms with Gasteiger partial charge in [-0.3, -0.25) is 9.59 Å². The Morgan fingerprint density at radius 1 is 1.00 bits per heavy atom. The van der Waals surface area contributed by atoms with Crippen molar-refractivity contribution in [1.29, 1.82) is 0 Å². The van der Waals surface area contributed by atoms with Crippen LogP contribution in [0.4, 0.5) is 0 Å². The Morgan fingerprint density at radius 3 is 2.18 bits per heavy atom. The van der Waals surface area contributed by atoms with E-state index in [9.17, 15) is 9.59 Å². The Bertz CT molecular complexity index is 508. The van der Waals surface area contributed by atoms with Gasteiger partial charge in [0.2, 0.25) is 5.91 Å². The molecule has 5 heteroatoms. The number of halogens is 1. The summed E-state index contributed by atoms with van der Waals surface area (Å²) in [6, 6.07) is 6.93. The van der Waals surface area contributed by atoms with E-state index >= 15 is 0 Å². The standard InChI is InChI=1S/C17H23ClN2O2/c1-2-3-4-5-16(21)19-10-12-20(13-11-19)17(22)14-6-8-15(18)9-7-14/h6-9H,2-5,10-13H2,1H3. The third-order valence-electron chi connectivity index (χ3n) is 4.00. The van der Waals surface area contributed by atoms with Gasteiger partial charge in [-0.2, -0.15) is 0 Å². The average molecular weight is 323 g/mol. The van der Waals surface area contributed by atoms with E-state index in [0.717, 1.165) is 19.3 Å². The SMILES string of the molecule is CCCCCC(=O)N1CCN(C(=O)c2ccc(Cl)cc2)CC1. The van der Waals surface area contributed by atoms with Gasteiger partial charge < -0.3 is 9.80 Å². The first-order valence-electron chi connectivity index (χ1n) is 7.94. The number of amides is 2. The summed E-state index contributed by atoms with van der Waals surface area (Å²) in [5.74, 6) is 0.224. The number of piperazine rings is 1. The smallest absolute Gasteiger partial charge is 0.253 e. The molecule has 120 valence electrons. The van der Waals surface area contributed by atoms with Crippen molar-refractivity contribution >= 4 is 23.4 Å². The van der Waals surface area contributed by atoms with E-state index in [4.69, 9.17) is 11.6 Å². The number of carbonyl (C=O) groups is 2. The van der Waals surface area contributed by atoms with Crippen LogP contribution in [0.15, 0.2) is 24.3 Å². The summed E-state index contributed by atoms with van der Waals surface area (Å²) in [7, 11) is 0. The van der Waals surface area contributed by atoms with Crippen LogP contribution in [0, 0.1) is 0 Å². The largest absolute Gasteiger partial charge is 0.339 e. The highest BCUT2D eigenvalue weighted by Gasteiger charge is 2.24. The van der Waals surface area contributed by atoms with Crippen molar-refractivity contribution in [3.63, 3.8) is 0 Å². The number of unbranched alkanes of at least 4 members (excludes halogenated alkanes) is 2. The van der Waals surface area contributed by atoms with Crippen molar-refractivity contribution in [1.82, 2.24) is 9.80 Å². The molecule has 1 heterocycles. The second kappa shape index (κ2) is 8.18. The molecule has 0 spiro atoms. The molecule has 1 aromatic rings. The summed E-state index contributed by atoms with van der Waals surface area (Å²) in [6.45, 7) is 4.59. The van der Waals surface area contributed by atoms with Crippen LogP contribution in [-0.4, -0.2) is 47.8 Å². The van der Waals surface area contributed by atoms with E-state index in [-0.39, 0.29) is 11.8 Å². The summed E-state index contributed by atoms with van der Waals surface area (Å²) in [4.78, 5) is 28.1. The fourth-order valence-electron chi connectivity index (χ4n) is 2.62. The summed E-state index contributed by atoms with van der Waals surface area (Å²) >= 11 is 5.84. The summed E-state index contributed by atoms with van der Waals surface area (Å²) in [5.41, 5.74) is 0.645. The van der Waals surface area contributed by atoms with Gasteiger partial charge in [-0.25, -0.2) is 0 Å². The fraction of sp³-hybridized carbons (Fsp3) is 0.529. The maximum Gasteiger partial charge on any atom is 0.253 e. The van der Waals surface area contributed by atoms with Gasteiger partial charge in [-0.05, 0) is 30.7 Å². The molecule has 1 saturated heterocycles. The van der Waals surface area contributed by atoms with Crippen LogP contribution < -0.4 is 0 Å². The highest BCUT2D eigenvalue weighted by molar-refractivity contribution is 6.30. The maximum absolute atomic E-state index is 12.4. The number of benzene rings is 1. The lowest BCUT2D eigenvalue weighted by Gasteiger charge is -2.35. The van der Waals surface area contributed by atoms with Gasteiger partial charge in [0.05, 0.1) is 0 Å². The molecule has 1 aromatic carbocycles. The van der Waals surface area contributed by atoms with Crippen molar-refractivity contribution < 1.29 is 9.59 Å². The van der Waals surface area contributed by atoms with Crippen molar-refractivity contribution in [3.8, 4) is 0 Å². The van der Waals surface area contributed by atoms with E-state index in [0.29, 0.717) is 43.2 Å². The van der Waals surface area contributed by atoms with Gasteiger partial charge >= 0.3 is 0 Å². The van der Waals surface area contributed by atoms with Gasteiger partial charge in [-0.1, -0.05) is 31.4 Å². The van der Waals surface area contributed by atoms with Crippen LogP contribution in [0.3, 0.4) is 0 Å². The molecule has 1 aliphatic heterocycles. The van der Waals surface area contributed by atoms with Gasteiger partial charge in [0.25, 0.3) is 5.91 Å². The lowest BCUT2D eigenvalue weighted by atomic mass is 10.1. The molecule has 0 atom stereocenters. The van der Waals surface area contributed by atoms with Gasteiger partial charge in [-0.15, -0.1) is 0 Å². The van der Waals surface area contributed by atoms with Crippen LogP contribution in [0.2, 0.25) is 5.02 Å². The minimum atomic E-state index is 0.00903. The average Bonchev–Trinajstić information content (AvgIpc) is 2.55. The quantitative estimate of drug-likeness (QED) is 0.781. The first-order chi connectivity index (χ1) is 10.6. The monoisotopic (exact) mass is 322 g/mol. The van der Waals surface area contributed by atoms with Crippen LogP contribution in [0.5, 0.6) is 0 Å². The lowest BCUT2D eigenvalue weighted by molar-refractivity contribution is -0.132. The van der Waals surface area contributed by atoms with Crippen molar-refractivity contribution in [2.24, 2.45) is 0 Å². The van der Waals surface area contributed by atoms with Crippen LogP contribution in [0.1, 0.15) is 43.0 Å². The van der Waals surface area contributed by atoms with E-state index in [1.165, 1.54) is 0 Å². The predicted molar refractivity (Wildman–Crippen MR) is 88.1 cm³/mol. The molecule has 1 fully saturated rings. The highest BCUT2D eigenvalue weighted by atomic mass is 35.5. The highest BCUT2D eigenvalue weighted by Crippen LogP contribution is 2.14. The fourth-order valence-corrected chi connectivity index (χ4v) is 2.74. The van der Waals surface area contributed by atoms with Crippen molar-refractivity contribution in [3.05, 3.63) is 34.9 Å². The number of hydrogen-bond donors (Lipinski definition) is 0. The van der Waals surface area contributed by atoms with Crippen LogP contribution >= 0.6 is 11.6 Å². The molecule has 0 aliphatic carbocycles. The van der Waals surface area contributed by atoms with E-state index in [2.05, 4.69) is 6.92 Å². The predicted octanol–water partition coefficient (Wildman–Crippen LogP) is 3.20. The molecule has 1 aliphatic rings. The normalized spacial score (nSPS) is 15.0. The van der Waals surface area contributed by atoms with Gasteiger partial charge in [0, 0.05) is 43.2 Å². The van der Waals surface area contributed by atoms with Crippen LogP contribution in [0.25, 0.3) is 0 Å². The van der Waals surface area contributed by atoms with Crippen molar-refractivity contribution in [2.75, 3.05) is 26.2 Å². The molecule has 4 nitrogen and oxygen atoms in total. The van der Waals surface area contributed by atoms with Crippen LogP contribution in [-0.2, 0) is 4.79 Å². The molecule has 0 radical (unpaired) electrons. The third kappa shape index (κ3) is 4.47. The Morgan fingerprint density at radius 2 is 1.59 bits per heavy atom. The molecule has 22 heavy (non-hydrogen) atoms. The Kier molecular flexibility index (Phi) is 6.25. The number of nitrogens with zero attached hydrogens (tertiary/aromatic N) is 2. The zero-order valence-corrected chi connectivity index (χ0v) is 13.8. The zero-order valence-electron chi connectivity index (χ0n) is 13.1. The maximum atomic E-state index is 12.4. The summed E-state index contributed by atoms with van der Waals surface area (Å²) in [6.07, 6.45) is 3.80. The number of carbonyl (C=O) groups excluding carboxylic acids is 2. The Hall–Kier alpha value is -1.55. The van der Waals surface area contributed by atoms with Gasteiger partial charge in [0.15, 0.2) is 0 Å². The minimum absolute atomic E-state index is 0.00903. The zero-order chi connectivity index (χ0) is 15.9. The Labute approximate surface area is 137 Å². The second-order valence-corrected chi connectivity index (χ2v) is 6.07. The first-order valence-corrected chi connectivity index (χ1v) is 8.32. The van der Waals surface area contributed by atoms with E-state index in [1.54, 1.807) is 29.2 Å². The molecule has 0 unspecified atom stereocenters. The molecular formula is C17H23ClN2O2. The molecule has 0 N–H and O–H groups in total. The topological polar surface area (TPSA) is 40.6 Å². The molecule has 0 aromatic heterocycles.